The van der Waals surface area contributed by atoms with Crippen molar-refractivity contribution in [3.63, 3.8) is 0 Å². The van der Waals surface area contributed by atoms with Gasteiger partial charge >= 0.3 is 0 Å². The summed E-state index contributed by atoms with van der Waals surface area (Å²) in [5.41, 5.74) is 1.81. The third kappa shape index (κ3) is 2.81. The molecule has 3 nitrogen and oxygen atoms in total. The molecule has 0 saturated carbocycles. The van der Waals surface area contributed by atoms with E-state index in [2.05, 4.69) is 53.7 Å². The van der Waals surface area contributed by atoms with Crippen molar-refractivity contribution in [3.8, 4) is 11.5 Å². The minimum atomic E-state index is 0.556. The van der Waals surface area contributed by atoms with Crippen LogP contribution in [0.4, 0.5) is 0 Å². The number of pyridine rings is 1. The predicted molar refractivity (Wildman–Crippen MR) is 77.4 cm³/mol. The van der Waals surface area contributed by atoms with Gasteiger partial charge in [0.2, 0.25) is 0 Å². The van der Waals surface area contributed by atoms with E-state index in [0.29, 0.717) is 10.5 Å². The number of H-pyrrole nitrogens is 1. The van der Waals surface area contributed by atoms with Gasteiger partial charge in [-0.25, -0.2) is 4.98 Å². The molecule has 17 heavy (non-hydrogen) atoms. The third-order valence-electron chi connectivity index (χ3n) is 2.26. The van der Waals surface area contributed by atoms with E-state index in [-0.39, 0.29) is 0 Å². The first-order chi connectivity index (χ1) is 8.11. The fourth-order valence-electron chi connectivity index (χ4n) is 1.39. The van der Waals surface area contributed by atoms with Crippen LogP contribution in [0.2, 0.25) is 0 Å². The molecule has 0 unspecified atom stereocenters. The Morgan fingerprint density at radius 1 is 1.35 bits per heavy atom. The number of hydrogen-bond donors (Lipinski definition) is 1. The molecule has 0 saturated heterocycles. The van der Waals surface area contributed by atoms with E-state index in [9.17, 15) is 0 Å². The number of halogens is 2. The molecule has 88 valence electrons. The van der Waals surface area contributed by atoms with Gasteiger partial charge in [0, 0.05) is 16.4 Å². The van der Waals surface area contributed by atoms with Gasteiger partial charge in [0.15, 0.2) is 5.82 Å². The summed E-state index contributed by atoms with van der Waals surface area (Å²) in [4.78, 5) is 11.8. The van der Waals surface area contributed by atoms with Gasteiger partial charge in [-0.3, -0.25) is 4.98 Å². The van der Waals surface area contributed by atoms with Crippen molar-refractivity contribution in [2.75, 3.05) is 0 Å². The zero-order chi connectivity index (χ0) is 12.4. The first-order valence-electron chi connectivity index (χ1n) is 5.02. The Bertz CT molecular complexity index is 593. The average Bonchev–Trinajstić information content (AvgIpc) is 2.33. The Balaban J connectivity index is 2.56. The van der Waals surface area contributed by atoms with Crippen molar-refractivity contribution in [1.82, 2.24) is 15.0 Å². The Morgan fingerprint density at radius 3 is 2.71 bits per heavy atom. The van der Waals surface area contributed by atoms with Crippen molar-refractivity contribution in [3.05, 3.63) is 37.6 Å². The van der Waals surface area contributed by atoms with Gasteiger partial charge in [-0.15, -0.1) is 0 Å². The van der Waals surface area contributed by atoms with Gasteiger partial charge in [0.1, 0.15) is 10.3 Å². The maximum Gasteiger partial charge on any atom is 0.157 e. The molecule has 0 atom stereocenters. The van der Waals surface area contributed by atoms with Gasteiger partial charge in [-0.1, -0.05) is 19.1 Å². The second kappa shape index (κ2) is 5.37. The summed E-state index contributed by atoms with van der Waals surface area (Å²) in [7, 11) is 0. The van der Waals surface area contributed by atoms with Crippen LogP contribution in [0.5, 0.6) is 0 Å². The fourth-order valence-corrected chi connectivity index (χ4v) is 2.30. The summed E-state index contributed by atoms with van der Waals surface area (Å²) in [6, 6.07) is 3.82. The molecule has 1 N–H and O–H groups in total. The van der Waals surface area contributed by atoms with Crippen molar-refractivity contribution < 1.29 is 0 Å². The van der Waals surface area contributed by atoms with E-state index in [1.165, 1.54) is 0 Å². The number of aromatic nitrogens is 3. The van der Waals surface area contributed by atoms with Crippen LogP contribution < -0.4 is 0 Å². The Hall–Kier alpha value is -0.590. The highest BCUT2D eigenvalue weighted by molar-refractivity contribution is 9.10. The normalized spacial score (nSPS) is 10.5. The van der Waals surface area contributed by atoms with E-state index in [1.54, 1.807) is 6.20 Å². The Kier molecular flexibility index (Phi) is 4.06. The molecular formula is C11H9Br2N3S. The van der Waals surface area contributed by atoms with E-state index in [1.807, 2.05) is 12.1 Å². The van der Waals surface area contributed by atoms with Gasteiger partial charge in [0.25, 0.3) is 0 Å². The molecule has 2 rings (SSSR count). The second-order valence-corrected chi connectivity index (χ2v) is 5.49. The molecule has 2 aromatic heterocycles. The Labute approximate surface area is 121 Å². The number of aromatic amines is 1. The van der Waals surface area contributed by atoms with Crippen molar-refractivity contribution in [2.24, 2.45) is 0 Å². The smallest absolute Gasteiger partial charge is 0.157 e. The lowest BCUT2D eigenvalue weighted by Gasteiger charge is -2.06. The minimum absolute atomic E-state index is 0.556. The topological polar surface area (TPSA) is 41.6 Å². The molecule has 0 aromatic carbocycles. The lowest BCUT2D eigenvalue weighted by molar-refractivity contribution is 0.977. The lowest BCUT2D eigenvalue weighted by Crippen LogP contribution is -1.98. The molecule has 6 heteroatoms. The molecular weight excluding hydrogens is 366 g/mol. The highest BCUT2D eigenvalue weighted by Gasteiger charge is 2.07. The van der Waals surface area contributed by atoms with Gasteiger partial charge in [-0.2, -0.15) is 0 Å². The summed E-state index contributed by atoms with van der Waals surface area (Å²) in [6.45, 7) is 2.06. The first kappa shape index (κ1) is 12.9. The fraction of sp³-hybridized carbons (Fsp3) is 0.182. The zero-order valence-corrected chi connectivity index (χ0v) is 13.0. The van der Waals surface area contributed by atoms with E-state index >= 15 is 0 Å². The number of hydrogen-bond acceptors (Lipinski definition) is 3. The number of nitrogens with zero attached hydrogens (tertiary/aromatic N) is 2. The highest BCUT2D eigenvalue weighted by atomic mass is 79.9. The number of aryl methyl sites for hydroxylation is 1. The highest BCUT2D eigenvalue weighted by Crippen LogP contribution is 2.21. The molecule has 0 bridgehead atoms. The van der Waals surface area contributed by atoms with Gasteiger partial charge < -0.3 is 4.98 Å². The van der Waals surface area contributed by atoms with Crippen LogP contribution in [0, 0.1) is 4.64 Å². The van der Waals surface area contributed by atoms with Crippen molar-refractivity contribution >= 4 is 44.1 Å². The first-order valence-corrected chi connectivity index (χ1v) is 7.02. The van der Waals surface area contributed by atoms with Gasteiger partial charge in [0.05, 0.1) is 4.47 Å². The van der Waals surface area contributed by atoms with Crippen LogP contribution in [-0.2, 0) is 6.42 Å². The maximum absolute atomic E-state index is 5.21. The standard InChI is InChI=1S/C11H9Br2N3S/c1-2-7-9(13)11(17)16-10(15-7)8-4-3-6(12)5-14-8/h3-5H,2H2,1H3,(H,15,16,17). The van der Waals surface area contributed by atoms with Crippen LogP contribution in [0.25, 0.3) is 11.5 Å². The van der Waals surface area contributed by atoms with Gasteiger partial charge in [-0.05, 0) is 50.4 Å². The molecule has 0 aliphatic rings. The monoisotopic (exact) mass is 373 g/mol. The van der Waals surface area contributed by atoms with Crippen LogP contribution in [-0.4, -0.2) is 15.0 Å². The summed E-state index contributed by atoms with van der Waals surface area (Å²) in [5.74, 6) is 0.697. The number of rotatable bonds is 2. The van der Waals surface area contributed by atoms with Crippen molar-refractivity contribution in [2.45, 2.75) is 13.3 Å². The summed E-state index contributed by atoms with van der Waals surface area (Å²) < 4.78 is 2.35. The average molecular weight is 375 g/mol. The molecule has 0 aliphatic heterocycles. The summed E-state index contributed by atoms with van der Waals surface area (Å²) in [6.07, 6.45) is 2.60. The third-order valence-corrected chi connectivity index (χ3v) is 4.14. The van der Waals surface area contributed by atoms with Crippen LogP contribution >= 0.6 is 44.1 Å². The SMILES string of the molecule is CCc1[nH]c(-c2ccc(Br)cn2)nc(=S)c1Br. The van der Waals surface area contributed by atoms with E-state index in [0.717, 1.165) is 26.8 Å². The summed E-state index contributed by atoms with van der Waals surface area (Å²) >= 11 is 12.0. The molecule has 2 aromatic rings. The van der Waals surface area contributed by atoms with E-state index < -0.39 is 0 Å². The molecule has 0 aliphatic carbocycles. The Morgan fingerprint density at radius 2 is 2.12 bits per heavy atom. The largest absolute Gasteiger partial charge is 0.341 e. The lowest BCUT2D eigenvalue weighted by atomic mass is 10.3. The number of nitrogens with one attached hydrogen (secondary N) is 1. The maximum atomic E-state index is 5.21. The predicted octanol–water partition coefficient (Wildman–Crippen LogP) is 4.29. The summed E-state index contributed by atoms with van der Waals surface area (Å²) in [5, 5.41) is 0. The molecule has 2 heterocycles. The van der Waals surface area contributed by atoms with Crippen LogP contribution in [0.15, 0.2) is 27.3 Å². The van der Waals surface area contributed by atoms with Crippen LogP contribution in [0.3, 0.4) is 0 Å². The van der Waals surface area contributed by atoms with Crippen molar-refractivity contribution in [1.29, 1.82) is 0 Å². The molecule has 0 amide bonds. The second-order valence-electron chi connectivity index (χ2n) is 3.40. The van der Waals surface area contributed by atoms with Crippen LogP contribution in [0.1, 0.15) is 12.6 Å². The molecule has 0 fully saturated rings. The molecule has 0 radical (unpaired) electrons. The minimum Gasteiger partial charge on any atom is -0.341 e. The quantitative estimate of drug-likeness (QED) is 0.797. The zero-order valence-electron chi connectivity index (χ0n) is 9.00. The molecule has 0 spiro atoms. The van der Waals surface area contributed by atoms with E-state index in [4.69, 9.17) is 12.2 Å².